The Morgan fingerprint density at radius 2 is 2.00 bits per heavy atom. The topological polar surface area (TPSA) is 67.8 Å². The lowest BCUT2D eigenvalue weighted by Gasteiger charge is -2.04. The number of pyridine rings is 1. The van der Waals surface area contributed by atoms with Gasteiger partial charge in [-0.15, -0.1) is 0 Å². The molecule has 1 aromatic carbocycles. The van der Waals surface area contributed by atoms with Crippen molar-refractivity contribution in [2.45, 2.75) is 0 Å². The summed E-state index contributed by atoms with van der Waals surface area (Å²) in [5, 5.41) is 0.451. The van der Waals surface area contributed by atoms with Crippen molar-refractivity contribution in [2.24, 2.45) is 0 Å². The number of aromatic nitrogens is 3. The average molecular weight is 238 g/mol. The van der Waals surface area contributed by atoms with E-state index in [1.807, 2.05) is 0 Å². The third kappa shape index (κ3) is 1.53. The summed E-state index contributed by atoms with van der Waals surface area (Å²) in [5.41, 5.74) is -0.364. The van der Waals surface area contributed by atoms with Crippen LogP contribution in [0.3, 0.4) is 0 Å². The highest BCUT2D eigenvalue weighted by Crippen LogP contribution is 2.04. The van der Waals surface area contributed by atoms with Crippen LogP contribution in [0.25, 0.3) is 16.7 Å². The van der Waals surface area contributed by atoms with Gasteiger partial charge in [-0.25, -0.2) is 14.3 Å². The summed E-state index contributed by atoms with van der Waals surface area (Å²) in [6, 6.07) is 12.8. The number of hydrogen-bond acceptors (Lipinski definition) is 3. The molecule has 0 atom stereocenters. The fourth-order valence-corrected chi connectivity index (χ4v) is 1.81. The van der Waals surface area contributed by atoms with Gasteiger partial charge in [0, 0.05) is 12.3 Å². The first kappa shape index (κ1) is 10.5. The minimum Gasteiger partial charge on any atom is -0.306 e. The SMILES string of the molecule is O=c1[nH]c2ccccc2c(=O)n1-c1cc[c]cn1. The molecule has 5 nitrogen and oxygen atoms in total. The number of aromatic amines is 1. The molecule has 5 heteroatoms. The molecule has 0 aliphatic heterocycles. The largest absolute Gasteiger partial charge is 0.334 e. The van der Waals surface area contributed by atoms with Gasteiger partial charge in [0.15, 0.2) is 0 Å². The zero-order valence-electron chi connectivity index (χ0n) is 9.25. The highest BCUT2D eigenvalue weighted by molar-refractivity contribution is 5.77. The quantitative estimate of drug-likeness (QED) is 0.684. The van der Waals surface area contributed by atoms with Gasteiger partial charge in [-0.05, 0) is 24.3 Å². The van der Waals surface area contributed by atoms with Gasteiger partial charge < -0.3 is 4.98 Å². The maximum Gasteiger partial charge on any atom is 0.334 e. The molecule has 0 spiro atoms. The number of hydrogen-bond donors (Lipinski definition) is 1. The predicted molar refractivity (Wildman–Crippen MR) is 66.8 cm³/mol. The van der Waals surface area contributed by atoms with Crippen molar-refractivity contribution in [3.63, 3.8) is 0 Å². The van der Waals surface area contributed by atoms with Gasteiger partial charge in [-0.2, -0.15) is 0 Å². The van der Waals surface area contributed by atoms with Gasteiger partial charge in [0.1, 0.15) is 5.82 Å². The van der Waals surface area contributed by atoms with Crippen LogP contribution in [0.4, 0.5) is 0 Å². The highest BCUT2D eigenvalue weighted by atomic mass is 16.2. The molecule has 0 unspecified atom stereocenters. The number of H-pyrrole nitrogens is 1. The summed E-state index contributed by atoms with van der Waals surface area (Å²) in [5.74, 6) is 0.283. The van der Waals surface area contributed by atoms with E-state index in [1.54, 1.807) is 36.4 Å². The van der Waals surface area contributed by atoms with Crippen molar-refractivity contribution in [2.75, 3.05) is 0 Å². The minimum absolute atomic E-state index is 0.283. The molecule has 18 heavy (non-hydrogen) atoms. The zero-order chi connectivity index (χ0) is 12.5. The molecule has 0 fully saturated rings. The lowest BCUT2D eigenvalue weighted by atomic mass is 10.2. The van der Waals surface area contributed by atoms with E-state index in [1.165, 1.54) is 6.20 Å². The van der Waals surface area contributed by atoms with E-state index in [-0.39, 0.29) is 11.4 Å². The molecular formula is C13H8N3O2. The van der Waals surface area contributed by atoms with Gasteiger partial charge >= 0.3 is 5.69 Å². The van der Waals surface area contributed by atoms with Crippen LogP contribution in [0, 0.1) is 6.07 Å². The second-order valence-electron chi connectivity index (χ2n) is 3.73. The highest BCUT2D eigenvalue weighted by Gasteiger charge is 2.09. The monoisotopic (exact) mass is 238 g/mol. The molecule has 0 bridgehead atoms. The fourth-order valence-electron chi connectivity index (χ4n) is 1.81. The van der Waals surface area contributed by atoms with E-state index in [4.69, 9.17) is 0 Å². The van der Waals surface area contributed by atoms with Crippen LogP contribution in [0.15, 0.2) is 52.2 Å². The number of nitrogens with zero attached hydrogens (tertiary/aromatic N) is 2. The van der Waals surface area contributed by atoms with Gasteiger partial charge in [0.2, 0.25) is 0 Å². The van der Waals surface area contributed by atoms with Crippen LogP contribution in [-0.2, 0) is 0 Å². The van der Waals surface area contributed by atoms with Crippen molar-refractivity contribution in [3.05, 3.63) is 69.5 Å². The first-order valence-corrected chi connectivity index (χ1v) is 5.34. The molecule has 0 amide bonds. The summed E-state index contributed by atoms with van der Waals surface area (Å²) in [7, 11) is 0. The number of benzene rings is 1. The second kappa shape index (κ2) is 3.96. The average Bonchev–Trinajstić information content (AvgIpc) is 2.40. The van der Waals surface area contributed by atoms with Crippen molar-refractivity contribution < 1.29 is 0 Å². The minimum atomic E-state index is -0.502. The normalized spacial score (nSPS) is 10.7. The van der Waals surface area contributed by atoms with E-state index in [0.29, 0.717) is 10.9 Å². The Morgan fingerprint density at radius 1 is 1.17 bits per heavy atom. The van der Waals surface area contributed by atoms with Crippen LogP contribution in [-0.4, -0.2) is 14.5 Å². The van der Waals surface area contributed by atoms with E-state index in [9.17, 15) is 9.59 Å². The first-order chi connectivity index (χ1) is 8.77. The van der Waals surface area contributed by atoms with Gasteiger partial charge in [-0.3, -0.25) is 4.79 Å². The number of para-hydroxylation sites is 1. The Kier molecular flexibility index (Phi) is 2.30. The number of fused-ring (bicyclic) bond motifs is 1. The van der Waals surface area contributed by atoms with Crippen LogP contribution in [0.5, 0.6) is 0 Å². The number of nitrogens with one attached hydrogen (secondary N) is 1. The third-order valence-corrected chi connectivity index (χ3v) is 2.63. The van der Waals surface area contributed by atoms with Gasteiger partial charge in [0.05, 0.1) is 10.9 Å². The van der Waals surface area contributed by atoms with Crippen molar-refractivity contribution in [1.82, 2.24) is 14.5 Å². The lowest BCUT2D eigenvalue weighted by molar-refractivity contribution is 0.868. The Hall–Kier alpha value is -2.69. The smallest absolute Gasteiger partial charge is 0.306 e. The molecule has 0 aliphatic rings. The Balaban J connectivity index is 2.45. The summed E-state index contributed by atoms with van der Waals surface area (Å²) < 4.78 is 1.01. The summed E-state index contributed by atoms with van der Waals surface area (Å²) >= 11 is 0. The molecule has 0 saturated carbocycles. The molecule has 0 saturated heterocycles. The Morgan fingerprint density at radius 3 is 2.78 bits per heavy atom. The maximum absolute atomic E-state index is 12.2. The third-order valence-electron chi connectivity index (χ3n) is 2.63. The Bertz CT molecular complexity index is 819. The fraction of sp³-hybridized carbons (Fsp3) is 0. The number of rotatable bonds is 1. The summed E-state index contributed by atoms with van der Waals surface area (Å²) in [6.07, 6.45) is 1.41. The summed E-state index contributed by atoms with van der Waals surface area (Å²) in [6.45, 7) is 0. The molecule has 1 N–H and O–H groups in total. The van der Waals surface area contributed by atoms with Gasteiger partial charge in [0.25, 0.3) is 5.56 Å². The summed E-state index contributed by atoms with van der Waals surface area (Å²) in [4.78, 5) is 30.8. The molecule has 87 valence electrons. The van der Waals surface area contributed by atoms with Crippen molar-refractivity contribution in [1.29, 1.82) is 0 Å². The van der Waals surface area contributed by atoms with E-state index >= 15 is 0 Å². The van der Waals surface area contributed by atoms with Gasteiger partial charge in [-0.1, -0.05) is 12.1 Å². The molecule has 3 aromatic rings. The lowest BCUT2D eigenvalue weighted by Crippen LogP contribution is -2.34. The molecule has 1 radical (unpaired) electrons. The molecule has 0 aliphatic carbocycles. The molecule has 2 aromatic heterocycles. The molecule has 2 heterocycles. The van der Waals surface area contributed by atoms with E-state index in [2.05, 4.69) is 16.0 Å². The van der Waals surface area contributed by atoms with Crippen LogP contribution < -0.4 is 11.2 Å². The first-order valence-electron chi connectivity index (χ1n) is 5.34. The van der Waals surface area contributed by atoms with E-state index < -0.39 is 5.69 Å². The van der Waals surface area contributed by atoms with Crippen LogP contribution in [0.2, 0.25) is 0 Å². The zero-order valence-corrected chi connectivity index (χ0v) is 9.25. The molecule has 3 rings (SSSR count). The van der Waals surface area contributed by atoms with Crippen LogP contribution in [0.1, 0.15) is 0 Å². The maximum atomic E-state index is 12.2. The van der Waals surface area contributed by atoms with Crippen molar-refractivity contribution >= 4 is 10.9 Å². The van der Waals surface area contributed by atoms with Crippen molar-refractivity contribution in [3.8, 4) is 5.82 Å². The molecular weight excluding hydrogens is 230 g/mol. The van der Waals surface area contributed by atoms with Crippen LogP contribution >= 0.6 is 0 Å². The predicted octanol–water partition coefficient (Wildman–Crippen LogP) is 0.874. The van der Waals surface area contributed by atoms with E-state index in [0.717, 1.165) is 4.57 Å². The second-order valence-corrected chi connectivity index (χ2v) is 3.73. The Labute approximate surface area is 101 Å². The standard InChI is InChI=1S/C13H8N3O2/c17-12-9-5-1-2-6-10(9)15-13(18)16(12)11-7-3-4-8-14-11/h1-3,5-8H,(H,15,18).